The normalized spacial score (nSPS) is 11.7. The predicted octanol–water partition coefficient (Wildman–Crippen LogP) is 3.56. The third-order valence-electron chi connectivity index (χ3n) is 1.76. The number of nitro benzene ring substituents is 2. The van der Waals surface area contributed by atoms with E-state index < -0.39 is 20.5 Å². The van der Waals surface area contributed by atoms with Crippen molar-refractivity contribution in [2.75, 3.05) is 0 Å². The average molecular weight is 273 g/mol. The number of nitrogens with zero attached hydrogens (tertiary/aromatic N) is 4. The minimum absolute atomic E-state index is 0.0840. The van der Waals surface area contributed by atoms with Crippen LogP contribution in [-0.2, 0) is 0 Å². The fourth-order valence-corrected chi connectivity index (χ4v) is 1.07. The fourth-order valence-electron chi connectivity index (χ4n) is 1.03. The molecule has 0 saturated heterocycles. The van der Waals surface area contributed by atoms with Crippen LogP contribution in [0.3, 0.4) is 0 Å². The highest BCUT2D eigenvalue weighted by Crippen LogP contribution is 2.32. The zero-order valence-electron chi connectivity index (χ0n) is 9.53. The Morgan fingerprint density at radius 3 is 2.28 bits per heavy atom. The molecule has 0 N–H and O–H groups in total. The van der Waals surface area contributed by atoms with Gasteiger partial charge in [-0.25, -0.2) is 0 Å². The minimum Gasteiger partial charge on any atom is -0.258 e. The molecule has 0 amide bonds. The first-order chi connectivity index (χ1) is 8.20. The van der Waals surface area contributed by atoms with Crippen molar-refractivity contribution in [3.63, 3.8) is 0 Å². The fraction of sp³-hybridized carbons (Fsp3) is 0.333. The van der Waals surface area contributed by atoms with Crippen LogP contribution in [0.2, 0.25) is 0 Å². The third kappa shape index (κ3) is 3.74. The van der Waals surface area contributed by atoms with Gasteiger partial charge >= 0.3 is 5.69 Å². The van der Waals surface area contributed by atoms with Crippen molar-refractivity contribution in [1.29, 1.82) is 0 Å². The largest absolute Gasteiger partial charge is 0.303 e. The number of alkyl halides is 1. The van der Waals surface area contributed by atoms with Gasteiger partial charge in [-0.05, 0) is 19.9 Å². The van der Waals surface area contributed by atoms with Crippen molar-refractivity contribution >= 4 is 28.7 Å². The number of non-ortho nitro benzene ring substituents is 1. The lowest BCUT2D eigenvalue weighted by molar-refractivity contribution is -0.393. The van der Waals surface area contributed by atoms with E-state index in [1.54, 1.807) is 13.8 Å². The SMILES string of the molecule is CC(C)(Cl)N=Nc1ccc([N+](=O)[O-])cc1[N+](=O)[O-]. The highest BCUT2D eigenvalue weighted by atomic mass is 35.5. The summed E-state index contributed by atoms with van der Waals surface area (Å²) in [5.74, 6) is 0. The highest BCUT2D eigenvalue weighted by Gasteiger charge is 2.20. The van der Waals surface area contributed by atoms with Gasteiger partial charge < -0.3 is 0 Å². The molecule has 0 atom stereocenters. The summed E-state index contributed by atoms with van der Waals surface area (Å²) < 4.78 is 0. The Bertz CT molecular complexity index is 524. The second kappa shape index (κ2) is 5.05. The second-order valence-corrected chi connectivity index (χ2v) is 4.72. The van der Waals surface area contributed by atoms with E-state index in [-0.39, 0.29) is 11.4 Å². The minimum atomic E-state index is -1.00. The van der Waals surface area contributed by atoms with Crippen LogP contribution in [0.25, 0.3) is 0 Å². The van der Waals surface area contributed by atoms with Crippen LogP contribution in [-0.4, -0.2) is 14.8 Å². The molecule has 96 valence electrons. The first kappa shape index (κ1) is 14.0. The maximum Gasteiger partial charge on any atom is 0.303 e. The molecule has 0 aliphatic carbocycles. The Morgan fingerprint density at radius 1 is 1.22 bits per heavy atom. The van der Waals surface area contributed by atoms with Crippen LogP contribution >= 0.6 is 11.6 Å². The molecule has 0 radical (unpaired) electrons. The molecule has 0 aliphatic heterocycles. The Kier molecular flexibility index (Phi) is 3.92. The lowest BCUT2D eigenvalue weighted by Gasteiger charge is -2.05. The molecule has 0 spiro atoms. The molecule has 0 unspecified atom stereocenters. The Labute approximate surface area is 107 Å². The van der Waals surface area contributed by atoms with Gasteiger partial charge in [0.25, 0.3) is 5.69 Å². The van der Waals surface area contributed by atoms with E-state index in [1.165, 1.54) is 0 Å². The van der Waals surface area contributed by atoms with Crippen molar-refractivity contribution in [3.8, 4) is 0 Å². The summed E-state index contributed by atoms with van der Waals surface area (Å²) in [6.07, 6.45) is 0. The van der Waals surface area contributed by atoms with Crippen molar-refractivity contribution in [2.45, 2.75) is 18.8 Å². The summed E-state index contributed by atoms with van der Waals surface area (Å²) in [5.41, 5.74) is -0.959. The topological polar surface area (TPSA) is 111 Å². The molecule has 0 aliphatic rings. The standard InChI is InChI=1S/C9H9ClN4O4/c1-9(2,10)12-11-7-4-3-6(13(15)16)5-8(7)14(17)18/h3-5H,1-2H3. The Hall–Kier alpha value is -2.09. The van der Waals surface area contributed by atoms with Crippen molar-refractivity contribution in [2.24, 2.45) is 10.2 Å². The molecular formula is C9H9ClN4O4. The molecule has 0 fully saturated rings. The van der Waals surface area contributed by atoms with E-state index in [9.17, 15) is 20.2 Å². The molecule has 1 rings (SSSR count). The molecule has 0 aromatic heterocycles. The number of benzene rings is 1. The molecule has 18 heavy (non-hydrogen) atoms. The van der Waals surface area contributed by atoms with Gasteiger partial charge in [-0.3, -0.25) is 20.2 Å². The van der Waals surface area contributed by atoms with E-state index >= 15 is 0 Å². The van der Waals surface area contributed by atoms with Gasteiger partial charge in [-0.2, -0.15) is 5.11 Å². The summed E-state index contributed by atoms with van der Waals surface area (Å²) in [7, 11) is 0. The van der Waals surface area contributed by atoms with E-state index in [2.05, 4.69) is 10.2 Å². The van der Waals surface area contributed by atoms with Gasteiger partial charge in [0.1, 0.15) is 5.00 Å². The van der Waals surface area contributed by atoms with E-state index in [4.69, 9.17) is 11.6 Å². The van der Waals surface area contributed by atoms with Gasteiger partial charge in [0.15, 0.2) is 5.69 Å². The molecule has 9 heteroatoms. The lowest BCUT2D eigenvalue weighted by atomic mass is 10.2. The van der Waals surface area contributed by atoms with Gasteiger partial charge in [0, 0.05) is 6.07 Å². The zero-order chi connectivity index (χ0) is 13.9. The van der Waals surface area contributed by atoms with Crippen molar-refractivity contribution in [1.82, 2.24) is 0 Å². The van der Waals surface area contributed by atoms with Crippen molar-refractivity contribution < 1.29 is 9.85 Å². The molecule has 0 saturated carbocycles. The Balaban J connectivity index is 3.24. The molecular weight excluding hydrogens is 264 g/mol. The number of hydrogen-bond donors (Lipinski definition) is 0. The lowest BCUT2D eigenvalue weighted by Crippen LogP contribution is -2.03. The number of hydrogen-bond acceptors (Lipinski definition) is 6. The van der Waals surface area contributed by atoms with E-state index in [0.29, 0.717) is 0 Å². The molecule has 0 heterocycles. The van der Waals surface area contributed by atoms with E-state index in [0.717, 1.165) is 18.2 Å². The van der Waals surface area contributed by atoms with Crippen LogP contribution < -0.4 is 0 Å². The number of halogens is 1. The van der Waals surface area contributed by atoms with Crippen LogP contribution in [0.4, 0.5) is 17.1 Å². The summed E-state index contributed by atoms with van der Waals surface area (Å²) in [6.45, 7) is 3.10. The van der Waals surface area contributed by atoms with Crippen LogP contribution in [0.1, 0.15) is 13.8 Å². The summed E-state index contributed by atoms with van der Waals surface area (Å²) in [4.78, 5) is 18.8. The Morgan fingerprint density at radius 2 is 1.83 bits per heavy atom. The molecule has 1 aromatic rings. The summed E-state index contributed by atoms with van der Waals surface area (Å²) in [6, 6.07) is 3.10. The summed E-state index contributed by atoms with van der Waals surface area (Å²) in [5, 5.41) is 28.6. The number of rotatable bonds is 4. The maximum atomic E-state index is 10.8. The maximum absolute atomic E-state index is 10.8. The first-order valence-electron chi connectivity index (χ1n) is 4.75. The van der Waals surface area contributed by atoms with Gasteiger partial charge in [-0.1, -0.05) is 11.6 Å². The smallest absolute Gasteiger partial charge is 0.258 e. The third-order valence-corrected chi connectivity index (χ3v) is 1.84. The summed E-state index contributed by atoms with van der Waals surface area (Å²) >= 11 is 5.76. The zero-order valence-corrected chi connectivity index (χ0v) is 10.3. The predicted molar refractivity (Wildman–Crippen MR) is 64.2 cm³/mol. The first-order valence-corrected chi connectivity index (χ1v) is 5.13. The van der Waals surface area contributed by atoms with Crippen molar-refractivity contribution in [3.05, 3.63) is 38.4 Å². The second-order valence-electron chi connectivity index (χ2n) is 3.80. The van der Waals surface area contributed by atoms with Crippen LogP contribution in [0.15, 0.2) is 28.4 Å². The molecule has 1 aromatic carbocycles. The average Bonchev–Trinajstić information content (AvgIpc) is 2.24. The van der Waals surface area contributed by atoms with Gasteiger partial charge in [0.2, 0.25) is 0 Å². The van der Waals surface area contributed by atoms with Crippen LogP contribution in [0, 0.1) is 20.2 Å². The van der Waals surface area contributed by atoms with Gasteiger partial charge in [-0.15, -0.1) is 5.11 Å². The molecule has 0 bridgehead atoms. The van der Waals surface area contributed by atoms with E-state index in [1.807, 2.05) is 0 Å². The van der Waals surface area contributed by atoms with Crippen LogP contribution in [0.5, 0.6) is 0 Å². The quantitative estimate of drug-likeness (QED) is 0.274. The molecule has 8 nitrogen and oxygen atoms in total. The number of azo groups is 1. The van der Waals surface area contributed by atoms with Gasteiger partial charge in [0.05, 0.1) is 15.9 Å². The highest BCUT2D eigenvalue weighted by molar-refractivity contribution is 6.23. The monoisotopic (exact) mass is 272 g/mol. The number of nitro groups is 2.